The Hall–Kier alpha value is -0.830. The van der Waals surface area contributed by atoms with Gasteiger partial charge < -0.3 is 5.11 Å². The van der Waals surface area contributed by atoms with Crippen molar-refractivity contribution in [3.63, 3.8) is 0 Å². The second kappa shape index (κ2) is 4.13. The van der Waals surface area contributed by atoms with Crippen molar-refractivity contribution >= 4 is 22.9 Å². The van der Waals surface area contributed by atoms with Gasteiger partial charge in [0.25, 0.3) is 0 Å². The summed E-state index contributed by atoms with van der Waals surface area (Å²) in [5.74, 6) is 0. The van der Waals surface area contributed by atoms with Gasteiger partial charge in [0.05, 0.1) is 6.61 Å². The number of benzene rings is 1. The highest BCUT2D eigenvalue weighted by atomic mass is 35.5. The van der Waals surface area contributed by atoms with E-state index in [0.29, 0.717) is 5.02 Å². The second-order valence-electron chi connectivity index (χ2n) is 2.94. The van der Waals surface area contributed by atoms with Gasteiger partial charge in [0.15, 0.2) is 0 Å². The Morgan fingerprint density at radius 3 is 2.79 bits per heavy atom. The van der Waals surface area contributed by atoms with Gasteiger partial charge in [-0.15, -0.1) is 0 Å². The number of aliphatic hydroxyl groups excluding tert-OH is 1. The van der Waals surface area contributed by atoms with Crippen LogP contribution in [0.5, 0.6) is 0 Å². The molecule has 1 heterocycles. The summed E-state index contributed by atoms with van der Waals surface area (Å²) in [4.78, 5) is 0. The monoisotopic (exact) mass is 224 g/mol. The fraction of sp³-hybridized carbons (Fsp3) is 0.0909. The fourth-order valence-corrected chi connectivity index (χ4v) is 2.30. The molecule has 0 bridgehead atoms. The number of aliphatic hydroxyl groups is 1. The Morgan fingerprint density at radius 1 is 1.29 bits per heavy atom. The Kier molecular flexibility index (Phi) is 2.87. The minimum Gasteiger partial charge on any atom is -0.392 e. The molecule has 0 spiro atoms. The van der Waals surface area contributed by atoms with Crippen LogP contribution in [0.2, 0.25) is 5.02 Å². The van der Waals surface area contributed by atoms with E-state index in [9.17, 15) is 5.11 Å². The standard InChI is InChI=1S/C11H9ClOS/c12-11-3-1-2-9(10(11)6-13)8-4-5-14-7-8/h1-5,7,13H,6H2. The third-order valence-electron chi connectivity index (χ3n) is 2.11. The van der Waals surface area contributed by atoms with E-state index in [1.165, 1.54) is 0 Å². The summed E-state index contributed by atoms with van der Waals surface area (Å²) in [7, 11) is 0. The average molecular weight is 225 g/mol. The van der Waals surface area contributed by atoms with Gasteiger partial charge in [-0.25, -0.2) is 0 Å². The molecule has 0 atom stereocenters. The molecular weight excluding hydrogens is 216 g/mol. The van der Waals surface area contributed by atoms with Gasteiger partial charge in [-0.2, -0.15) is 11.3 Å². The van der Waals surface area contributed by atoms with Gasteiger partial charge in [0, 0.05) is 10.6 Å². The van der Waals surface area contributed by atoms with Gasteiger partial charge in [0.1, 0.15) is 0 Å². The summed E-state index contributed by atoms with van der Waals surface area (Å²) in [6.07, 6.45) is 0. The van der Waals surface area contributed by atoms with Crippen molar-refractivity contribution in [1.82, 2.24) is 0 Å². The van der Waals surface area contributed by atoms with Gasteiger partial charge in [-0.3, -0.25) is 0 Å². The minimum atomic E-state index is -0.0230. The molecule has 14 heavy (non-hydrogen) atoms. The molecule has 2 aromatic rings. The van der Waals surface area contributed by atoms with Crippen LogP contribution in [0.4, 0.5) is 0 Å². The van der Waals surface area contributed by atoms with E-state index < -0.39 is 0 Å². The molecule has 0 radical (unpaired) electrons. The third-order valence-corrected chi connectivity index (χ3v) is 3.15. The molecule has 0 amide bonds. The van der Waals surface area contributed by atoms with Crippen LogP contribution in [0, 0.1) is 0 Å². The van der Waals surface area contributed by atoms with Crippen LogP contribution in [0.15, 0.2) is 35.0 Å². The summed E-state index contributed by atoms with van der Waals surface area (Å²) in [6.45, 7) is -0.0230. The lowest BCUT2D eigenvalue weighted by molar-refractivity contribution is 0.282. The topological polar surface area (TPSA) is 20.2 Å². The molecule has 1 nitrogen and oxygen atoms in total. The maximum atomic E-state index is 9.22. The smallest absolute Gasteiger partial charge is 0.0702 e. The molecule has 1 N–H and O–H groups in total. The molecule has 1 aromatic heterocycles. The fourth-order valence-electron chi connectivity index (χ4n) is 1.41. The molecule has 2 rings (SSSR count). The van der Waals surface area contributed by atoms with Crippen LogP contribution < -0.4 is 0 Å². The van der Waals surface area contributed by atoms with E-state index in [2.05, 4.69) is 0 Å². The summed E-state index contributed by atoms with van der Waals surface area (Å²) in [5, 5.41) is 13.9. The predicted octanol–water partition coefficient (Wildman–Crippen LogP) is 3.56. The Labute approximate surface area is 91.6 Å². The summed E-state index contributed by atoms with van der Waals surface area (Å²) in [5.41, 5.74) is 2.93. The normalized spacial score (nSPS) is 10.4. The Bertz CT molecular complexity index is 423. The highest BCUT2D eigenvalue weighted by Gasteiger charge is 2.07. The van der Waals surface area contributed by atoms with Crippen LogP contribution in [0.25, 0.3) is 11.1 Å². The molecule has 0 unspecified atom stereocenters. The van der Waals surface area contributed by atoms with E-state index in [1.54, 1.807) is 17.4 Å². The highest BCUT2D eigenvalue weighted by Crippen LogP contribution is 2.30. The molecule has 72 valence electrons. The zero-order valence-corrected chi connectivity index (χ0v) is 8.98. The lowest BCUT2D eigenvalue weighted by Crippen LogP contribution is -1.89. The molecule has 1 aromatic carbocycles. The van der Waals surface area contributed by atoms with Gasteiger partial charge >= 0.3 is 0 Å². The van der Waals surface area contributed by atoms with Gasteiger partial charge in [-0.1, -0.05) is 23.7 Å². The van der Waals surface area contributed by atoms with E-state index in [0.717, 1.165) is 16.7 Å². The van der Waals surface area contributed by atoms with Crippen LogP contribution in [-0.2, 0) is 6.61 Å². The van der Waals surface area contributed by atoms with Crippen molar-refractivity contribution in [3.05, 3.63) is 45.6 Å². The molecule has 0 aliphatic rings. The van der Waals surface area contributed by atoms with Crippen molar-refractivity contribution in [2.24, 2.45) is 0 Å². The Balaban J connectivity index is 2.58. The van der Waals surface area contributed by atoms with Crippen LogP contribution in [-0.4, -0.2) is 5.11 Å². The summed E-state index contributed by atoms with van der Waals surface area (Å²) >= 11 is 7.62. The number of halogens is 1. The zero-order valence-electron chi connectivity index (χ0n) is 7.40. The molecule has 3 heteroatoms. The first-order valence-electron chi connectivity index (χ1n) is 4.23. The summed E-state index contributed by atoms with van der Waals surface area (Å²) < 4.78 is 0. The van der Waals surface area contributed by atoms with Gasteiger partial charge in [0.2, 0.25) is 0 Å². The zero-order chi connectivity index (χ0) is 9.97. The largest absolute Gasteiger partial charge is 0.392 e. The second-order valence-corrected chi connectivity index (χ2v) is 4.12. The van der Waals surface area contributed by atoms with E-state index in [4.69, 9.17) is 11.6 Å². The number of hydrogen-bond donors (Lipinski definition) is 1. The lowest BCUT2D eigenvalue weighted by Gasteiger charge is -2.06. The lowest BCUT2D eigenvalue weighted by atomic mass is 10.0. The van der Waals surface area contributed by atoms with Crippen LogP contribution in [0.3, 0.4) is 0 Å². The molecule has 0 saturated carbocycles. The van der Waals surface area contributed by atoms with Gasteiger partial charge in [-0.05, 0) is 34.0 Å². The number of rotatable bonds is 2. The molecular formula is C11H9ClOS. The number of hydrogen-bond acceptors (Lipinski definition) is 2. The number of thiophene rings is 1. The predicted molar refractivity (Wildman–Crippen MR) is 60.7 cm³/mol. The van der Waals surface area contributed by atoms with E-state index in [1.807, 2.05) is 29.0 Å². The van der Waals surface area contributed by atoms with Crippen LogP contribution in [0.1, 0.15) is 5.56 Å². The van der Waals surface area contributed by atoms with Crippen molar-refractivity contribution in [2.45, 2.75) is 6.61 Å². The Morgan fingerprint density at radius 2 is 2.14 bits per heavy atom. The van der Waals surface area contributed by atoms with Crippen molar-refractivity contribution in [1.29, 1.82) is 0 Å². The van der Waals surface area contributed by atoms with E-state index in [-0.39, 0.29) is 6.61 Å². The van der Waals surface area contributed by atoms with Crippen LogP contribution >= 0.6 is 22.9 Å². The first-order valence-corrected chi connectivity index (χ1v) is 5.56. The maximum Gasteiger partial charge on any atom is 0.0702 e. The van der Waals surface area contributed by atoms with Crippen molar-refractivity contribution in [3.8, 4) is 11.1 Å². The SMILES string of the molecule is OCc1c(Cl)cccc1-c1ccsc1. The molecule has 0 fully saturated rings. The first kappa shape index (κ1) is 9.71. The molecule has 0 aliphatic carbocycles. The van der Waals surface area contributed by atoms with Crippen molar-refractivity contribution in [2.75, 3.05) is 0 Å². The molecule has 0 aliphatic heterocycles. The first-order chi connectivity index (χ1) is 6.83. The average Bonchev–Trinajstić information content (AvgIpc) is 2.70. The third kappa shape index (κ3) is 1.69. The van der Waals surface area contributed by atoms with E-state index >= 15 is 0 Å². The highest BCUT2D eigenvalue weighted by molar-refractivity contribution is 7.08. The maximum absolute atomic E-state index is 9.22. The van der Waals surface area contributed by atoms with Crippen molar-refractivity contribution < 1.29 is 5.11 Å². The quantitative estimate of drug-likeness (QED) is 0.827. The minimum absolute atomic E-state index is 0.0230. The molecule has 0 saturated heterocycles. The summed E-state index contributed by atoms with van der Waals surface area (Å²) in [6, 6.07) is 7.69.